The van der Waals surface area contributed by atoms with Crippen molar-refractivity contribution >= 4 is 22.1 Å². The van der Waals surface area contributed by atoms with Crippen molar-refractivity contribution < 1.29 is 0 Å². The van der Waals surface area contributed by atoms with Crippen molar-refractivity contribution in [3.8, 4) is 23.0 Å². The highest BCUT2D eigenvalue weighted by Gasteiger charge is 2.18. The molecule has 3 aromatic heterocycles. The van der Waals surface area contributed by atoms with Gasteiger partial charge in [0.25, 0.3) is 0 Å². The number of para-hydroxylation sites is 4. The number of pyridine rings is 1. The van der Waals surface area contributed by atoms with Gasteiger partial charge in [-0.1, -0.05) is 231 Å². The van der Waals surface area contributed by atoms with Gasteiger partial charge in [0.2, 0.25) is 0 Å². The molecule has 61 heavy (non-hydrogen) atoms. The van der Waals surface area contributed by atoms with E-state index in [1.165, 1.54) is 193 Å². The van der Waals surface area contributed by atoms with Gasteiger partial charge in [0.1, 0.15) is 0 Å². The second kappa shape index (κ2) is 29.6. The van der Waals surface area contributed by atoms with Gasteiger partial charge in [-0.3, -0.25) is 4.79 Å². The van der Waals surface area contributed by atoms with Crippen molar-refractivity contribution in [2.45, 2.75) is 232 Å². The third-order valence-electron chi connectivity index (χ3n) is 13.1. The van der Waals surface area contributed by atoms with E-state index < -0.39 is 0 Å². The summed E-state index contributed by atoms with van der Waals surface area (Å²) in [7, 11) is 0. The smallest absolute Gasteiger partial charge is 0.183 e. The monoisotopic (exact) mass is 832 g/mol. The second-order valence-corrected chi connectivity index (χ2v) is 18.4. The largest absolute Gasteiger partial charge is 0.349 e. The number of H-pyrrole nitrogens is 1. The van der Waals surface area contributed by atoms with Crippen LogP contribution in [0.1, 0.15) is 219 Å². The molecule has 0 aliphatic heterocycles. The summed E-state index contributed by atoms with van der Waals surface area (Å²) in [6.45, 7) is 6.37. The number of aromatic amines is 1. The number of unbranched alkanes of at least 4 members (excludes halogenated alkanes) is 30. The van der Waals surface area contributed by atoms with Gasteiger partial charge in [0, 0.05) is 25.2 Å². The summed E-state index contributed by atoms with van der Waals surface area (Å²) in [6, 6.07) is 20.2. The van der Waals surface area contributed by atoms with E-state index in [2.05, 4.69) is 76.5 Å². The first-order chi connectivity index (χ1) is 30.2. The van der Waals surface area contributed by atoms with Crippen LogP contribution in [0.2, 0.25) is 0 Å². The first-order valence-corrected chi connectivity index (χ1v) is 25.8. The lowest BCUT2D eigenvalue weighted by Crippen LogP contribution is -2.09. The normalized spacial score (nSPS) is 11.8. The minimum atomic E-state index is -0.0224. The maximum Gasteiger partial charge on any atom is 0.183 e. The Labute approximate surface area is 371 Å². The molecular formula is C55H85N5O. The number of imidazole rings is 2. The molecular weight excluding hydrogens is 747 g/mol. The lowest BCUT2D eigenvalue weighted by molar-refractivity contribution is 0.522. The van der Waals surface area contributed by atoms with E-state index in [0.29, 0.717) is 0 Å². The summed E-state index contributed by atoms with van der Waals surface area (Å²) in [5.41, 5.74) is 5.69. The summed E-state index contributed by atoms with van der Waals surface area (Å²) in [5, 5.41) is 0. The number of nitrogens with zero attached hydrogens (tertiary/aromatic N) is 4. The molecule has 6 heteroatoms. The molecule has 3 heterocycles. The number of rotatable bonds is 36. The molecule has 0 atom stereocenters. The molecule has 5 rings (SSSR count). The molecule has 6 nitrogen and oxygen atoms in total. The first kappa shape index (κ1) is 48.4. The van der Waals surface area contributed by atoms with Crippen LogP contribution in [-0.4, -0.2) is 24.1 Å². The van der Waals surface area contributed by atoms with Gasteiger partial charge in [-0.05, 0) is 37.1 Å². The fourth-order valence-corrected chi connectivity index (χ4v) is 9.44. The summed E-state index contributed by atoms with van der Waals surface area (Å²) < 4.78 is 4.65. The molecule has 0 saturated carbocycles. The maximum atomic E-state index is 13.5. The van der Waals surface area contributed by atoms with Crippen LogP contribution < -0.4 is 5.43 Å². The molecule has 0 aliphatic rings. The highest BCUT2D eigenvalue weighted by atomic mass is 16.1. The van der Waals surface area contributed by atoms with Gasteiger partial charge in [-0.15, -0.1) is 0 Å². The van der Waals surface area contributed by atoms with Crippen LogP contribution >= 0.6 is 0 Å². The molecule has 0 radical (unpaired) electrons. The van der Waals surface area contributed by atoms with Crippen molar-refractivity contribution in [2.24, 2.45) is 0 Å². The Kier molecular flexibility index (Phi) is 23.5. The summed E-state index contributed by atoms with van der Waals surface area (Å²) in [6.07, 6.45) is 43.6. The van der Waals surface area contributed by atoms with Crippen LogP contribution in [0.5, 0.6) is 0 Å². The van der Waals surface area contributed by atoms with E-state index in [9.17, 15) is 4.79 Å². The Hall–Kier alpha value is -3.67. The molecule has 1 N–H and O–H groups in total. The molecule has 336 valence electrons. The fraction of sp³-hybridized carbons (Fsp3) is 0.655. The van der Waals surface area contributed by atoms with Crippen molar-refractivity contribution in [3.05, 3.63) is 70.9 Å². The van der Waals surface area contributed by atoms with E-state index in [1.54, 1.807) is 12.1 Å². The predicted octanol–water partition coefficient (Wildman–Crippen LogP) is 16.9. The second-order valence-electron chi connectivity index (χ2n) is 18.4. The van der Waals surface area contributed by atoms with Crippen LogP contribution in [0, 0.1) is 0 Å². The third-order valence-corrected chi connectivity index (χ3v) is 13.1. The standard InChI is InChI=1S/C55H85N5O/c1-3-5-7-9-11-13-15-17-19-21-23-25-27-29-31-37-43-59-52-41-35-33-39-48(52)57-54(59)50-45-47(61)46-51(56-50)55-58-49-40-34-36-42-53(49)60(55)44-38-32-30-28-26-24-22-20-18-16-14-12-10-8-6-4-2/h33-36,39-42,45-46H,3-32,37-38,43-44H2,1-2H3,(H,56,61). The van der Waals surface area contributed by atoms with Gasteiger partial charge in [-0.25, -0.2) is 9.97 Å². The average Bonchev–Trinajstić information content (AvgIpc) is 3.84. The van der Waals surface area contributed by atoms with Crippen LogP contribution in [0.4, 0.5) is 0 Å². The third kappa shape index (κ3) is 17.2. The van der Waals surface area contributed by atoms with Gasteiger partial charge in [0.05, 0.1) is 33.5 Å². The fourth-order valence-electron chi connectivity index (χ4n) is 9.44. The molecule has 0 saturated heterocycles. The molecule has 2 aromatic carbocycles. The van der Waals surface area contributed by atoms with Crippen molar-refractivity contribution in [3.63, 3.8) is 0 Å². The SMILES string of the molecule is CCCCCCCCCCCCCCCCCCn1c(-c2cc(=O)cc(-c3nc4ccccc4n3CCCCCCCCCCCCCCCCCC)[nH]2)nc2ccccc21. The van der Waals surface area contributed by atoms with E-state index in [-0.39, 0.29) is 5.43 Å². The molecule has 0 aliphatic carbocycles. The predicted molar refractivity (Wildman–Crippen MR) is 264 cm³/mol. The lowest BCUT2D eigenvalue weighted by atomic mass is 10.0. The van der Waals surface area contributed by atoms with Crippen LogP contribution in [-0.2, 0) is 13.1 Å². The number of hydrogen-bond acceptors (Lipinski definition) is 3. The van der Waals surface area contributed by atoms with Crippen LogP contribution in [0.25, 0.3) is 45.1 Å². The highest BCUT2D eigenvalue weighted by molar-refractivity contribution is 5.82. The zero-order valence-corrected chi connectivity index (χ0v) is 39.0. The van der Waals surface area contributed by atoms with Gasteiger partial charge >= 0.3 is 0 Å². The summed E-state index contributed by atoms with van der Waals surface area (Å²) in [5.74, 6) is 1.67. The van der Waals surface area contributed by atoms with E-state index >= 15 is 0 Å². The van der Waals surface area contributed by atoms with E-state index in [1.807, 2.05) is 0 Å². The topological polar surface area (TPSA) is 68.5 Å². The molecule has 0 bridgehead atoms. The van der Waals surface area contributed by atoms with Crippen molar-refractivity contribution in [1.29, 1.82) is 0 Å². The van der Waals surface area contributed by atoms with Crippen molar-refractivity contribution in [2.75, 3.05) is 0 Å². The van der Waals surface area contributed by atoms with E-state index in [0.717, 1.165) is 71.0 Å². The molecule has 0 amide bonds. The number of benzene rings is 2. The lowest BCUT2D eigenvalue weighted by Gasteiger charge is -2.12. The minimum Gasteiger partial charge on any atom is -0.349 e. The number of hydrogen-bond donors (Lipinski definition) is 1. The number of fused-ring (bicyclic) bond motifs is 2. The Morgan fingerprint density at radius 2 is 0.672 bits per heavy atom. The first-order valence-electron chi connectivity index (χ1n) is 25.8. The Bertz CT molecular complexity index is 1820. The number of aryl methyl sites for hydroxylation is 2. The Balaban J connectivity index is 1.09. The zero-order valence-electron chi connectivity index (χ0n) is 39.0. The summed E-state index contributed by atoms with van der Waals surface area (Å²) in [4.78, 5) is 27.3. The minimum absolute atomic E-state index is 0.0224. The quantitative estimate of drug-likeness (QED) is 0.0409. The number of nitrogens with one attached hydrogen (secondary N) is 1. The van der Waals surface area contributed by atoms with Crippen LogP contribution in [0.3, 0.4) is 0 Å². The summed E-state index contributed by atoms with van der Waals surface area (Å²) >= 11 is 0. The molecule has 0 spiro atoms. The number of aromatic nitrogens is 5. The van der Waals surface area contributed by atoms with Gasteiger partial charge < -0.3 is 14.1 Å². The zero-order chi connectivity index (χ0) is 42.6. The average molecular weight is 832 g/mol. The molecule has 0 unspecified atom stereocenters. The highest BCUT2D eigenvalue weighted by Crippen LogP contribution is 2.28. The maximum absolute atomic E-state index is 13.5. The van der Waals surface area contributed by atoms with Gasteiger partial charge in [-0.2, -0.15) is 0 Å². The van der Waals surface area contributed by atoms with Gasteiger partial charge in [0.15, 0.2) is 17.1 Å². The Morgan fingerprint density at radius 3 is 0.984 bits per heavy atom. The van der Waals surface area contributed by atoms with Crippen LogP contribution in [0.15, 0.2) is 65.5 Å². The molecule has 5 aromatic rings. The Morgan fingerprint density at radius 1 is 0.393 bits per heavy atom. The van der Waals surface area contributed by atoms with Crippen molar-refractivity contribution in [1.82, 2.24) is 24.1 Å². The molecule has 0 fully saturated rings. The van der Waals surface area contributed by atoms with E-state index in [4.69, 9.17) is 9.97 Å².